The smallest absolute Gasteiger partial charge is 0.326 e. The van der Waals surface area contributed by atoms with Crippen molar-refractivity contribution < 1.29 is 34.2 Å². The van der Waals surface area contributed by atoms with E-state index in [1.807, 2.05) is 20.8 Å². The Bertz CT molecular complexity index is 1130. The van der Waals surface area contributed by atoms with Crippen molar-refractivity contribution in [3.05, 3.63) is 22.7 Å². The summed E-state index contributed by atoms with van der Waals surface area (Å²) in [6, 6.07) is 1.20. The van der Waals surface area contributed by atoms with Crippen LogP contribution >= 0.6 is 11.6 Å². The van der Waals surface area contributed by atoms with Crippen LogP contribution in [0.4, 0.5) is 0 Å². The van der Waals surface area contributed by atoms with Gasteiger partial charge in [-0.15, -0.1) is 0 Å². The van der Waals surface area contributed by atoms with E-state index < -0.39 is 29.4 Å². The van der Waals surface area contributed by atoms with E-state index in [1.54, 1.807) is 12.1 Å². The van der Waals surface area contributed by atoms with Crippen LogP contribution in [0.25, 0.3) is 0 Å². The van der Waals surface area contributed by atoms with Crippen LogP contribution in [0.1, 0.15) is 84.1 Å². The Morgan fingerprint density at radius 3 is 2.22 bits per heavy atom. The minimum atomic E-state index is -1.12. The minimum Gasteiger partial charge on any atom is -0.496 e. The number of carboxylic acids is 1. The molecule has 3 N–H and O–H groups in total. The zero-order valence-electron chi connectivity index (χ0n) is 24.7. The van der Waals surface area contributed by atoms with Crippen molar-refractivity contribution in [1.82, 2.24) is 10.2 Å². The average Bonchev–Trinajstić information content (AvgIpc) is 3.18. The van der Waals surface area contributed by atoms with Crippen LogP contribution in [0.3, 0.4) is 0 Å². The Labute approximate surface area is 247 Å². The highest BCUT2D eigenvalue weighted by Crippen LogP contribution is 2.36. The fraction of sp³-hybridized carbons (Fsp3) is 0.667. The van der Waals surface area contributed by atoms with Crippen molar-refractivity contribution in [2.45, 2.75) is 90.6 Å². The molecule has 1 aliphatic carbocycles. The van der Waals surface area contributed by atoms with Crippen LogP contribution in [0.15, 0.2) is 17.3 Å². The zero-order chi connectivity index (χ0) is 30.3. The summed E-state index contributed by atoms with van der Waals surface area (Å²) in [4.78, 5) is 40.6. The highest BCUT2D eigenvalue weighted by Gasteiger charge is 2.45. The number of halogens is 1. The minimum absolute atomic E-state index is 0.131. The van der Waals surface area contributed by atoms with Crippen molar-refractivity contribution in [1.29, 1.82) is 0 Å². The number of likely N-dealkylation sites (tertiary alicyclic amines) is 1. The number of methoxy groups -OCH3 is 2. The van der Waals surface area contributed by atoms with Crippen molar-refractivity contribution in [2.75, 3.05) is 20.8 Å². The van der Waals surface area contributed by atoms with Crippen molar-refractivity contribution in [3.8, 4) is 11.5 Å². The Morgan fingerprint density at radius 1 is 1.05 bits per heavy atom. The molecular weight excluding hydrogens is 550 g/mol. The number of amides is 2. The maximum absolute atomic E-state index is 13.9. The summed E-state index contributed by atoms with van der Waals surface area (Å²) in [7, 11) is 2.94. The summed E-state index contributed by atoms with van der Waals surface area (Å²) in [6.45, 7) is 5.72. The maximum atomic E-state index is 13.9. The molecule has 1 aromatic carbocycles. The molecule has 1 unspecified atom stereocenters. The molecule has 228 valence electrons. The molecule has 0 bridgehead atoms. The van der Waals surface area contributed by atoms with Gasteiger partial charge in [0.2, 0.25) is 11.8 Å². The Morgan fingerprint density at radius 2 is 1.68 bits per heavy atom. The second kappa shape index (κ2) is 14.2. The van der Waals surface area contributed by atoms with Gasteiger partial charge in [-0.1, -0.05) is 63.2 Å². The quantitative estimate of drug-likeness (QED) is 0.148. The fourth-order valence-electron chi connectivity index (χ4n) is 5.98. The molecule has 11 heteroatoms. The van der Waals surface area contributed by atoms with Crippen LogP contribution in [0, 0.1) is 17.3 Å². The lowest BCUT2D eigenvalue weighted by atomic mass is 9.85. The summed E-state index contributed by atoms with van der Waals surface area (Å²) >= 11 is 6.31. The highest BCUT2D eigenvalue weighted by atomic mass is 35.5. The van der Waals surface area contributed by atoms with Crippen molar-refractivity contribution in [3.63, 3.8) is 0 Å². The van der Waals surface area contributed by atoms with Gasteiger partial charge in [0.1, 0.15) is 23.6 Å². The highest BCUT2D eigenvalue weighted by molar-refractivity contribution is 6.32. The molecule has 2 amide bonds. The molecule has 1 heterocycles. The van der Waals surface area contributed by atoms with Gasteiger partial charge in [0, 0.05) is 24.6 Å². The number of aliphatic carboxylic acids is 1. The van der Waals surface area contributed by atoms with Gasteiger partial charge < -0.3 is 30.0 Å². The van der Waals surface area contributed by atoms with Crippen LogP contribution < -0.4 is 14.8 Å². The molecule has 1 saturated carbocycles. The number of carboxylic acid groups (broad SMARTS) is 1. The third-order valence-electron chi connectivity index (χ3n) is 8.21. The second-order valence-corrected chi connectivity index (χ2v) is 12.7. The number of rotatable bonds is 10. The number of hydrogen-bond acceptors (Lipinski definition) is 7. The van der Waals surface area contributed by atoms with E-state index in [2.05, 4.69) is 10.5 Å². The number of ether oxygens (including phenoxy) is 2. The number of carbonyl (C=O) groups excluding carboxylic acids is 2. The molecule has 0 radical (unpaired) electrons. The lowest BCUT2D eigenvalue weighted by Gasteiger charge is -2.35. The molecule has 3 rings (SSSR count). The van der Waals surface area contributed by atoms with Gasteiger partial charge in [-0.05, 0) is 49.0 Å². The van der Waals surface area contributed by atoms with Crippen molar-refractivity contribution in [2.24, 2.45) is 22.4 Å². The van der Waals surface area contributed by atoms with E-state index in [0.717, 1.165) is 25.7 Å². The number of oxime groups is 1. The Hall–Kier alpha value is -3.01. The number of hydrogen-bond donors (Lipinski definition) is 3. The Kier molecular flexibility index (Phi) is 11.3. The van der Waals surface area contributed by atoms with Gasteiger partial charge in [0.25, 0.3) is 0 Å². The summed E-state index contributed by atoms with van der Waals surface area (Å²) in [5.74, 6) is -0.966. The number of benzene rings is 1. The third kappa shape index (κ3) is 8.27. The lowest BCUT2D eigenvalue weighted by Crippen LogP contribution is -2.56. The van der Waals surface area contributed by atoms with Crippen LogP contribution in [0.5, 0.6) is 11.5 Å². The molecule has 1 saturated heterocycles. The first-order valence-corrected chi connectivity index (χ1v) is 14.7. The SMILES string of the molecule is COc1cc(OC)c(/C(CC2C[C@@H](C(=O)O)N(C(=O)[C@@H](NC(=O)CC3CCCCCC3)C(C)(C)C)C2)=N/O)cc1Cl. The number of nitrogens with one attached hydrogen (secondary N) is 1. The maximum Gasteiger partial charge on any atom is 0.326 e. The third-order valence-corrected chi connectivity index (χ3v) is 8.51. The largest absolute Gasteiger partial charge is 0.496 e. The lowest BCUT2D eigenvalue weighted by molar-refractivity contribution is -0.150. The first-order chi connectivity index (χ1) is 19.4. The molecular formula is C30H44ClN3O7. The number of carbonyl (C=O) groups is 3. The first-order valence-electron chi connectivity index (χ1n) is 14.3. The summed E-state index contributed by atoms with van der Waals surface area (Å²) in [5.41, 5.74) is 0.0529. The monoisotopic (exact) mass is 593 g/mol. The van der Waals surface area contributed by atoms with Crippen LogP contribution in [0.2, 0.25) is 5.02 Å². The topological polar surface area (TPSA) is 138 Å². The van der Waals surface area contributed by atoms with E-state index in [1.165, 1.54) is 32.0 Å². The number of nitrogens with zero attached hydrogens (tertiary/aromatic N) is 2. The normalized spacial score (nSPS) is 21.2. The summed E-state index contributed by atoms with van der Waals surface area (Å²) in [6.07, 6.45) is 7.34. The van der Waals surface area contributed by atoms with E-state index in [9.17, 15) is 24.7 Å². The van der Waals surface area contributed by atoms with Crippen LogP contribution in [-0.4, -0.2) is 71.6 Å². The fourth-order valence-corrected chi connectivity index (χ4v) is 6.22. The molecule has 10 nitrogen and oxygen atoms in total. The summed E-state index contributed by atoms with van der Waals surface area (Å²) in [5, 5.41) is 26.6. The molecule has 2 aliphatic rings. The van der Waals surface area contributed by atoms with Gasteiger partial charge in [-0.25, -0.2) is 4.79 Å². The zero-order valence-corrected chi connectivity index (χ0v) is 25.5. The van der Waals surface area contributed by atoms with Crippen molar-refractivity contribution >= 4 is 35.1 Å². The molecule has 2 fully saturated rings. The second-order valence-electron chi connectivity index (χ2n) is 12.3. The van der Waals surface area contributed by atoms with E-state index in [0.29, 0.717) is 34.4 Å². The molecule has 3 atom stereocenters. The molecule has 1 aromatic rings. The van der Waals surface area contributed by atoms with Crippen LogP contribution in [-0.2, 0) is 14.4 Å². The molecule has 0 spiro atoms. The standard InChI is InChI=1S/C30H44ClN3O7/c1-30(2,3)27(32-26(35)14-18-10-8-6-7-9-11-18)28(36)34-17-19(13-23(34)29(37)38)12-22(33-39)20-15-21(31)25(41-5)16-24(20)40-4/h15-16,18-19,23,27,39H,6-14,17H2,1-5H3,(H,32,35)(H,37,38)/b33-22+/t19?,23-,27+/m0/s1. The van der Waals surface area contributed by atoms with Gasteiger partial charge >= 0.3 is 5.97 Å². The van der Waals surface area contributed by atoms with Gasteiger partial charge in [0.15, 0.2) is 0 Å². The molecule has 0 aromatic heterocycles. The predicted octanol–water partition coefficient (Wildman–Crippen LogP) is 5.12. The average molecular weight is 594 g/mol. The van der Waals surface area contributed by atoms with Gasteiger partial charge in [-0.3, -0.25) is 9.59 Å². The molecule has 1 aliphatic heterocycles. The Balaban J connectivity index is 1.78. The predicted molar refractivity (Wildman–Crippen MR) is 156 cm³/mol. The summed E-state index contributed by atoms with van der Waals surface area (Å²) < 4.78 is 10.7. The van der Waals surface area contributed by atoms with E-state index >= 15 is 0 Å². The van der Waals surface area contributed by atoms with Gasteiger partial charge in [0.05, 0.1) is 25.0 Å². The van der Waals surface area contributed by atoms with Gasteiger partial charge in [-0.2, -0.15) is 0 Å². The van der Waals surface area contributed by atoms with E-state index in [4.69, 9.17) is 21.1 Å². The first kappa shape index (κ1) is 32.5. The molecule has 41 heavy (non-hydrogen) atoms. The van der Waals surface area contributed by atoms with E-state index in [-0.39, 0.29) is 36.9 Å².